The quantitative estimate of drug-likeness (QED) is 0.572. The van der Waals surface area contributed by atoms with Gasteiger partial charge >= 0.3 is 5.97 Å². The summed E-state index contributed by atoms with van der Waals surface area (Å²) in [5.74, 6) is -0.282. The molecule has 16 heavy (non-hydrogen) atoms. The minimum Gasteiger partial charge on any atom is -0.458 e. The minimum atomic E-state index is -0.504. The number of hydrogen-bond donors (Lipinski definition) is 1. The van der Waals surface area contributed by atoms with Gasteiger partial charge in [-0.15, -0.1) is 0 Å². The van der Waals surface area contributed by atoms with Gasteiger partial charge in [0.2, 0.25) is 0 Å². The Morgan fingerprint density at radius 1 is 1.50 bits per heavy atom. The maximum absolute atomic E-state index is 11.4. The van der Waals surface area contributed by atoms with Gasteiger partial charge in [0.15, 0.2) is 0 Å². The van der Waals surface area contributed by atoms with Crippen LogP contribution in [-0.4, -0.2) is 23.8 Å². The van der Waals surface area contributed by atoms with Gasteiger partial charge in [0.1, 0.15) is 6.61 Å². The van der Waals surface area contributed by atoms with Gasteiger partial charge in [-0.2, -0.15) is 0 Å². The van der Waals surface area contributed by atoms with E-state index in [1.54, 1.807) is 6.92 Å². The van der Waals surface area contributed by atoms with Crippen LogP contribution in [0.25, 0.3) is 0 Å². The van der Waals surface area contributed by atoms with E-state index in [1.807, 2.05) is 31.2 Å². The number of carbonyl (C=O) groups is 1. The molecule has 0 radical (unpaired) electrons. The summed E-state index contributed by atoms with van der Waals surface area (Å²) >= 11 is 0. The topological polar surface area (TPSA) is 46.5 Å². The van der Waals surface area contributed by atoms with Crippen molar-refractivity contribution in [3.05, 3.63) is 35.5 Å². The molecule has 0 fully saturated rings. The second kappa shape index (κ2) is 6.28. The molecule has 1 N–H and O–H groups in total. The van der Waals surface area contributed by atoms with E-state index in [1.165, 1.54) is 0 Å². The second-order valence-electron chi connectivity index (χ2n) is 3.87. The molecule has 1 aliphatic heterocycles. The first-order valence-electron chi connectivity index (χ1n) is 5.49. The highest BCUT2D eigenvalue weighted by Gasteiger charge is 2.24. The maximum atomic E-state index is 11.4. The zero-order valence-electron chi connectivity index (χ0n) is 9.77. The molecule has 0 saturated carbocycles. The van der Waals surface area contributed by atoms with Gasteiger partial charge in [0, 0.05) is 12.0 Å². The fourth-order valence-electron chi connectivity index (χ4n) is 1.58. The molecule has 0 amide bonds. The minimum absolute atomic E-state index is 0.282. The van der Waals surface area contributed by atoms with Crippen LogP contribution in [0.5, 0.6) is 0 Å². The van der Waals surface area contributed by atoms with Gasteiger partial charge < -0.3 is 9.84 Å². The molecule has 1 rings (SSSR count). The zero-order chi connectivity index (χ0) is 12.0. The molecule has 88 valence electrons. The summed E-state index contributed by atoms with van der Waals surface area (Å²) in [6, 6.07) is 0. The summed E-state index contributed by atoms with van der Waals surface area (Å²) in [5, 5.41) is 9.29. The van der Waals surface area contributed by atoms with E-state index < -0.39 is 6.10 Å². The molecular weight excluding hydrogens is 204 g/mol. The number of carbonyl (C=O) groups excluding carboxylic acids is 1. The van der Waals surface area contributed by atoms with Crippen molar-refractivity contribution in [3.8, 4) is 0 Å². The van der Waals surface area contributed by atoms with E-state index in [2.05, 4.69) is 0 Å². The van der Waals surface area contributed by atoms with Crippen LogP contribution in [0.2, 0.25) is 0 Å². The van der Waals surface area contributed by atoms with Crippen LogP contribution in [0.4, 0.5) is 0 Å². The van der Waals surface area contributed by atoms with Crippen molar-refractivity contribution in [1.82, 2.24) is 0 Å². The number of aliphatic hydroxyl groups excluding tert-OH is 1. The van der Waals surface area contributed by atoms with Crippen molar-refractivity contribution in [3.63, 3.8) is 0 Å². The van der Waals surface area contributed by atoms with Crippen molar-refractivity contribution in [1.29, 1.82) is 0 Å². The van der Waals surface area contributed by atoms with Gasteiger partial charge in [0.05, 0.1) is 6.10 Å². The largest absolute Gasteiger partial charge is 0.458 e. The van der Waals surface area contributed by atoms with Gasteiger partial charge in [-0.1, -0.05) is 24.3 Å². The zero-order valence-corrected chi connectivity index (χ0v) is 9.77. The number of ether oxygens (including phenoxy) is 1. The first-order chi connectivity index (χ1) is 7.65. The highest BCUT2D eigenvalue weighted by atomic mass is 16.5. The summed E-state index contributed by atoms with van der Waals surface area (Å²) < 4.78 is 4.96. The normalized spacial score (nSPS) is 18.8. The third-order valence-electron chi connectivity index (χ3n) is 2.35. The number of hydrogen-bond acceptors (Lipinski definition) is 3. The van der Waals surface area contributed by atoms with Crippen LogP contribution in [0.1, 0.15) is 26.7 Å². The first kappa shape index (κ1) is 12.7. The third-order valence-corrected chi connectivity index (χ3v) is 2.35. The lowest BCUT2D eigenvalue weighted by molar-refractivity contribution is -0.136. The smallest absolute Gasteiger partial charge is 0.334 e. The van der Waals surface area contributed by atoms with E-state index in [4.69, 9.17) is 4.74 Å². The lowest BCUT2D eigenvalue weighted by Crippen LogP contribution is -2.07. The number of aliphatic hydroxyl groups is 1. The number of rotatable bonds is 5. The fourth-order valence-corrected chi connectivity index (χ4v) is 1.58. The molecule has 0 aromatic rings. The van der Waals surface area contributed by atoms with E-state index >= 15 is 0 Å². The SMILES string of the molecule is CC=CC=CCC1=C(C[C@H](C)O)C(=O)OC1. The fraction of sp³-hybridized carbons (Fsp3) is 0.462. The van der Waals surface area contributed by atoms with E-state index in [0.717, 1.165) is 5.57 Å². The molecule has 0 aromatic carbocycles. The molecule has 0 spiro atoms. The summed E-state index contributed by atoms with van der Waals surface area (Å²) in [6.07, 6.45) is 8.39. The third kappa shape index (κ3) is 3.66. The maximum Gasteiger partial charge on any atom is 0.334 e. The lowest BCUT2D eigenvalue weighted by atomic mass is 10.0. The average molecular weight is 222 g/mol. The van der Waals surface area contributed by atoms with Crippen LogP contribution in [0.15, 0.2) is 35.5 Å². The molecule has 3 nitrogen and oxygen atoms in total. The highest BCUT2D eigenvalue weighted by Crippen LogP contribution is 2.23. The Labute approximate surface area is 96.1 Å². The standard InChI is InChI=1S/C13H18O3/c1-3-4-5-6-7-11-9-16-13(15)12(11)8-10(2)14/h3-6,10,14H,7-9H2,1-2H3/t10-/m0/s1. The van der Waals surface area contributed by atoms with E-state index in [-0.39, 0.29) is 5.97 Å². The number of allylic oxidation sites excluding steroid dienone is 4. The molecule has 0 bridgehead atoms. The Morgan fingerprint density at radius 2 is 2.25 bits per heavy atom. The molecule has 3 heteroatoms. The Morgan fingerprint density at radius 3 is 2.88 bits per heavy atom. The predicted molar refractivity (Wildman–Crippen MR) is 62.9 cm³/mol. The first-order valence-corrected chi connectivity index (χ1v) is 5.49. The van der Waals surface area contributed by atoms with Crippen LogP contribution >= 0.6 is 0 Å². The average Bonchev–Trinajstić information content (AvgIpc) is 2.56. The Hall–Kier alpha value is -1.35. The molecule has 0 aliphatic carbocycles. The molecule has 1 heterocycles. The van der Waals surface area contributed by atoms with Crippen molar-refractivity contribution in [2.75, 3.05) is 6.61 Å². The molecule has 1 aliphatic rings. The summed E-state index contributed by atoms with van der Waals surface area (Å²) in [5.41, 5.74) is 1.62. The Kier molecular flexibility index (Phi) is 4.99. The van der Waals surface area contributed by atoms with Crippen LogP contribution in [0.3, 0.4) is 0 Å². The molecule has 0 aromatic heterocycles. The van der Waals surface area contributed by atoms with Crippen LogP contribution < -0.4 is 0 Å². The van der Waals surface area contributed by atoms with Gasteiger partial charge in [-0.05, 0) is 25.8 Å². The van der Waals surface area contributed by atoms with Gasteiger partial charge in [0.25, 0.3) is 0 Å². The summed E-state index contributed by atoms with van der Waals surface area (Å²) in [4.78, 5) is 11.4. The Balaban J connectivity index is 2.66. The van der Waals surface area contributed by atoms with Crippen molar-refractivity contribution >= 4 is 5.97 Å². The summed E-state index contributed by atoms with van der Waals surface area (Å²) in [7, 11) is 0. The lowest BCUT2D eigenvalue weighted by Gasteiger charge is -2.03. The highest BCUT2D eigenvalue weighted by molar-refractivity contribution is 5.91. The van der Waals surface area contributed by atoms with Gasteiger partial charge in [-0.25, -0.2) is 4.79 Å². The predicted octanol–water partition coefficient (Wildman–Crippen LogP) is 2.13. The van der Waals surface area contributed by atoms with Crippen molar-refractivity contribution in [2.24, 2.45) is 0 Å². The van der Waals surface area contributed by atoms with E-state index in [9.17, 15) is 9.90 Å². The van der Waals surface area contributed by atoms with E-state index in [0.29, 0.717) is 25.0 Å². The number of cyclic esters (lactones) is 1. The van der Waals surface area contributed by atoms with Crippen LogP contribution in [0, 0.1) is 0 Å². The second-order valence-corrected chi connectivity index (χ2v) is 3.87. The van der Waals surface area contributed by atoms with Gasteiger partial charge in [-0.3, -0.25) is 0 Å². The van der Waals surface area contributed by atoms with Crippen molar-refractivity contribution in [2.45, 2.75) is 32.8 Å². The molecule has 1 atom stereocenters. The monoisotopic (exact) mass is 222 g/mol. The number of esters is 1. The molecular formula is C13H18O3. The summed E-state index contributed by atoms with van der Waals surface area (Å²) in [6.45, 7) is 3.98. The molecule has 0 saturated heterocycles. The molecule has 0 unspecified atom stereocenters. The van der Waals surface area contributed by atoms with Crippen molar-refractivity contribution < 1.29 is 14.6 Å². The van der Waals surface area contributed by atoms with Crippen LogP contribution in [-0.2, 0) is 9.53 Å². The Bertz CT molecular complexity index is 335.